The van der Waals surface area contributed by atoms with Crippen LogP contribution in [0.2, 0.25) is 0 Å². The summed E-state index contributed by atoms with van der Waals surface area (Å²) in [6, 6.07) is 7.62. The van der Waals surface area contributed by atoms with Crippen LogP contribution < -0.4 is 0 Å². The third-order valence-corrected chi connectivity index (χ3v) is 3.43. The van der Waals surface area contributed by atoms with Crippen molar-refractivity contribution in [2.24, 2.45) is 10.2 Å². The molecule has 0 atom stereocenters. The van der Waals surface area contributed by atoms with Crippen molar-refractivity contribution in [2.45, 2.75) is 13.8 Å². The molecule has 0 aliphatic carbocycles. The maximum absolute atomic E-state index is 10.9. The Morgan fingerprint density at radius 3 is 2.78 bits per heavy atom. The molecule has 0 aliphatic rings. The second-order valence-corrected chi connectivity index (χ2v) is 5.04. The number of hydrogen-bond donors (Lipinski definition) is 1. The van der Waals surface area contributed by atoms with Crippen molar-refractivity contribution in [3.05, 3.63) is 57.9 Å². The van der Waals surface area contributed by atoms with Gasteiger partial charge in [0.05, 0.1) is 16.3 Å². The Hall–Kier alpha value is -3.29. The second-order valence-electron chi connectivity index (χ2n) is 5.04. The van der Waals surface area contributed by atoms with E-state index in [1.165, 1.54) is 18.2 Å². The van der Waals surface area contributed by atoms with Crippen LogP contribution in [0.5, 0.6) is 5.75 Å². The summed E-state index contributed by atoms with van der Waals surface area (Å²) in [5.74, 6) is 0.505. The molecule has 8 nitrogen and oxygen atoms in total. The van der Waals surface area contributed by atoms with E-state index in [-0.39, 0.29) is 11.4 Å². The minimum Gasteiger partial charge on any atom is -0.504 e. The van der Waals surface area contributed by atoms with Gasteiger partial charge in [0.2, 0.25) is 0 Å². The largest absolute Gasteiger partial charge is 0.504 e. The first-order chi connectivity index (χ1) is 11.0. The Labute approximate surface area is 130 Å². The average molecular weight is 311 g/mol. The van der Waals surface area contributed by atoms with E-state index >= 15 is 0 Å². The lowest BCUT2D eigenvalue weighted by atomic mass is 10.2. The number of nitrogens with zero attached hydrogens (tertiary/aromatic N) is 5. The molecule has 0 radical (unpaired) electrons. The maximum atomic E-state index is 10.9. The summed E-state index contributed by atoms with van der Waals surface area (Å²) in [4.78, 5) is 14.6. The van der Waals surface area contributed by atoms with Gasteiger partial charge in [0.25, 0.3) is 5.69 Å². The first-order valence-electron chi connectivity index (χ1n) is 6.81. The molecule has 2 heterocycles. The van der Waals surface area contributed by atoms with Gasteiger partial charge in [0, 0.05) is 18.3 Å². The number of azo groups is 1. The normalized spacial score (nSPS) is 11.4. The first-order valence-corrected chi connectivity index (χ1v) is 6.81. The van der Waals surface area contributed by atoms with E-state index < -0.39 is 4.92 Å². The SMILES string of the molecule is Cc1ccc([N+](=O)[O-])cc1N=Nc1c(C)nc2c(O)cccn12. The van der Waals surface area contributed by atoms with E-state index in [0.29, 0.717) is 22.8 Å². The topological polar surface area (TPSA) is 105 Å². The molecule has 1 N–H and O–H groups in total. The van der Waals surface area contributed by atoms with Crippen LogP contribution in [0.25, 0.3) is 5.65 Å². The maximum Gasteiger partial charge on any atom is 0.271 e. The summed E-state index contributed by atoms with van der Waals surface area (Å²) < 4.78 is 1.61. The van der Waals surface area contributed by atoms with E-state index in [1.54, 1.807) is 36.6 Å². The van der Waals surface area contributed by atoms with E-state index in [1.807, 2.05) is 0 Å². The predicted octanol–water partition coefficient (Wildman–Crippen LogP) is 3.98. The monoisotopic (exact) mass is 311 g/mol. The third kappa shape index (κ3) is 2.61. The molecule has 0 saturated heterocycles. The number of hydrogen-bond acceptors (Lipinski definition) is 6. The minimum absolute atomic E-state index is 0.0444. The van der Waals surface area contributed by atoms with Gasteiger partial charge in [-0.1, -0.05) is 6.07 Å². The third-order valence-electron chi connectivity index (χ3n) is 3.43. The highest BCUT2D eigenvalue weighted by Crippen LogP contribution is 2.29. The zero-order chi connectivity index (χ0) is 16.6. The van der Waals surface area contributed by atoms with Gasteiger partial charge in [-0.3, -0.25) is 14.5 Å². The first kappa shape index (κ1) is 14.6. The number of aryl methyl sites for hydroxylation is 2. The molecule has 3 rings (SSSR count). The van der Waals surface area contributed by atoms with Gasteiger partial charge >= 0.3 is 0 Å². The summed E-state index contributed by atoms with van der Waals surface area (Å²) in [7, 11) is 0. The zero-order valence-corrected chi connectivity index (χ0v) is 12.5. The molecule has 0 unspecified atom stereocenters. The number of nitro groups is 1. The molecule has 0 aliphatic heterocycles. The number of non-ortho nitro benzene ring substituents is 1. The van der Waals surface area contributed by atoms with Gasteiger partial charge in [-0.05, 0) is 31.5 Å². The van der Waals surface area contributed by atoms with Crippen LogP contribution >= 0.6 is 0 Å². The molecule has 116 valence electrons. The van der Waals surface area contributed by atoms with Gasteiger partial charge < -0.3 is 5.11 Å². The molecule has 0 fully saturated rings. The van der Waals surface area contributed by atoms with Crippen molar-refractivity contribution in [1.82, 2.24) is 9.38 Å². The highest BCUT2D eigenvalue weighted by atomic mass is 16.6. The van der Waals surface area contributed by atoms with Crippen LogP contribution in [0.4, 0.5) is 17.2 Å². The molecule has 0 bridgehead atoms. The van der Waals surface area contributed by atoms with Crippen molar-refractivity contribution >= 4 is 22.8 Å². The van der Waals surface area contributed by atoms with E-state index in [2.05, 4.69) is 15.2 Å². The summed E-state index contributed by atoms with van der Waals surface area (Å²) in [6.45, 7) is 3.55. The number of nitro benzene ring substituents is 1. The van der Waals surface area contributed by atoms with Crippen LogP contribution in [-0.2, 0) is 0 Å². The van der Waals surface area contributed by atoms with Crippen LogP contribution in [0.15, 0.2) is 46.8 Å². The highest BCUT2D eigenvalue weighted by Gasteiger charge is 2.12. The Morgan fingerprint density at radius 1 is 1.26 bits per heavy atom. The fraction of sp³-hybridized carbons (Fsp3) is 0.133. The van der Waals surface area contributed by atoms with Crippen molar-refractivity contribution in [3.63, 3.8) is 0 Å². The molecule has 0 spiro atoms. The van der Waals surface area contributed by atoms with Crippen molar-refractivity contribution in [1.29, 1.82) is 0 Å². The lowest BCUT2D eigenvalue weighted by Crippen LogP contribution is -1.87. The molecular weight excluding hydrogens is 298 g/mol. The lowest BCUT2D eigenvalue weighted by molar-refractivity contribution is -0.384. The summed E-state index contributed by atoms with van der Waals surface area (Å²) in [5.41, 5.74) is 2.12. The predicted molar refractivity (Wildman–Crippen MR) is 83.6 cm³/mol. The fourth-order valence-electron chi connectivity index (χ4n) is 2.19. The number of benzene rings is 1. The number of imidazole rings is 1. The molecule has 8 heteroatoms. The molecule has 1 aromatic carbocycles. The van der Waals surface area contributed by atoms with Crippen LogP contribution in [0.1, 0.15) is 11.3 Å². The highest BCUT2D eigenvalue weighted by molar-refractivity contribution is 5.60. The smallest absolute Gasteiger partial charge is 0.271 e. The summed E-state index contributed by atoms with van der Waals surface area (Å²) in [5, 5.41) is 28.9. The Balaban J connectivity index is 2.07. The molecule has 3 aromatic rings. The number of aromatic hydroxyl groups is 1. The van der Waals surface area contributed by atoms with E-state index in [4.69, 9.17) is 0 Å². The van der Waals surface area contributed by atoms with Crippen LogP contribution in [0, 0.1) is 24.0 Å². The fourth-order valence-corrected chi connectivity index (χ4v) is 2.19. The van der Waals surface area contributed by atoms with Gasteiger partial charge in [-0.2, -0.15) is 0 Å². The van der Waals surface area contributed by atoms with Crippen molar-refractivity contribution in [2.75, 3.05) is 0 Å². The number of rotatable bonds is 3. The van der Waals surface area contributed by atoms with E-state index in [9.17, 15) is 15.2 Å². The zero-order valence-electron chi connectivity index (χ0n) is 12.5. The standard InChI is InChI=1S/C15H13N5O3/c1-9-5-6-11(20(22)23)8-12(9)17-18-14-10(2)16-15-13(21)4-3-7-19(14)15/h3-8,21H,1-2H3. The van der Waals surface area contributed by atoms with E-state index in [0.717, 1.165) is 5.56 Å². The molecule has 0 amide bonds. The molecule has 2 aromatic heterocycles. The molecule has 23 heavy (non-hydrogen) atoms. The summed E-state index contributed by atoms with van der Waals surface area (Å²) >= 11 is 0. The lowest BCUT2D eigenvalue weighted by Gasteiger charge is -2.00. The second kappa shape index (κ2) is 5.48. The average Bonchev–Trinajstić information content (AvgIpc) is 2.83. The van der Waals surface area contributed by atoms with Gasteiger partial charge in [0.15, 0.2) is 17.2 Å². The number of fused-ring (bicyclic) bond motifs is 1. The Bertz CT molecular complexity index is 946. The Kier molecular flexibility index (Phi) is 3.49. The van der Waals surface area contributed by atoms with Gasteiger partial charge in [-0.25, -0.2) is 4.98 Å². The van der Waals surface area contributed by atoms with Crippen LogP contribution in [-0.4, -0.2) is 19.4 Å². The summed E-state index contributed by atoms with van der Waals surface area (Å²) in [6.07, 6.45) is 1.71. The minimum atomic E-state index is -0.476. The quantitative estimate of drug-likeness (QED) is 0.448. The van der Waals surface area contributed by atoms with Gasteiger partial charge in [-0.15, -0.1) is 10.2 Å². The molecule has 0 saturated carbocycles. The van der Waals surface area contributed by atoms with Gasteiger partial charge in [0.1, 0.15) is 0 Å². The molecular formula is C15H13N5O3. The van der Waals surface area contributed by atoms with Crippen molar-refractivity contribution in [3.8, 4) is 5.75 Å². The van der Waals surface area contributed by atoms with Crippen molar-refractivity contribution < 1.29 is 10.0 Å². The van der Waals surface area contributed by atoms with Crippen LogP contribution in [0.3, 0.4) is 0 Å². The number of aromatic nitrogens is 2. The Morgan fingerprint density at radius 2 is 2.04 bits per heavy atom. The number of pyridine rings is 1.